The van der Waals surface area contributed by atoms with E-state index in [9.17, 15) is 18.0 Å². The van der Waals surface area contributed by atoms with E-state index in [0.29, 0.717) is 11.3 Å². The third-order valence-corrected chi connectivity index (χ3v) is 7.01. The van der Waals surface area contributed by atoms with E-state index in [1.54, 1.807) is 50.2 Å². The predicted molar refractivity (Wildman–Crippen MR) is 128 cm³/mol. The van der Waals surface area contributed by atoms with Gasteiger partial charge in [-0.3, -0.25) is 9.59 Å². The van der Waals surface area contributed by atoms with E-state index in [1.807, 2.05) is 24.3 Å². The Morgan fingerprint density at radius 2 is 1.64 bits per heavy atom. The number of carbonyl (C=O) groups is 2. The molecule has 3 aromatic carbocycles. The summed E-state index contributed by atoms with van der Waals surface area (Å²) in [5, 5.41) is 7.38. The number of nitrogens with one attached hydrogen (secondary N) is 3. The van der Waals surface area contributed by atoms with Gasteiger partial charge < -0.3 is 10.6 Å². The lowest BCUT2D eigenvalue weighted by Crippen LogP contribution is -2.47. The van der Waals surface area contributed by atoms with Gasteiger partial charge in [0.1, 0.15) is 6.04 Å². The van der Waals surface area contributed by atoms with Crippen LogP contribution in [0.15, 0.2) is 71.6 Å². The Balaban J connectivity index is 1.50. The van der Waals surface area contributed by atoms with E-state index in [2.05, 4.69) is 15.4 Å². The summed E-state index contributed by atoms with van der Waals surface area (Å²) in [5.74, 6) is -0.985. The van der Waals surface area contributed by atoms with Crippen LogP contribution < -0.4 is 15.4 Å². The van der Waals surface area contributed by atoms with Crippen molar-refractivity contribution in [1.82, 2.24) is 10.0 Å². The Morgan fingerprint density at radius 3 is 2.33 bits per heavy atom. The first-order chi connectivity index (χ1) is 15.7. The summed E-state index contributed by atoms with van der Waals surface area (Å²) < 4.78 is 28.7. The highest BCUT2D eigenvalue weighted by Crippen LogP contribution is 2.21. The van der Waals surface area contributed by atoms with Gasteiger partial charge in [-0.1, -0.05) is 50.2 Å². The molecule has 0 spiro atoms. The number of amides is 2. The first-order valence-electron chi connectivity index (χ1n) is 11.0. The summed E-state index contributed by atoms with van der Waals surface area (Å²) in [6, 6.07) is 18.2. The molecule has 0 bridgehead atoms. The molecule has 2 amide bonds. The van der Waals surface area contributed by atoms with Gasteiger partial charge in [0.25, 0.3) is 5.91 Å². The highest BCUT2D eigenvalue weighted by atomic mass is 32.2. The second kappa shape index (κ2) is 9.33. The number of carbonyl (C=O) groups excluding carboxylic acids is 2. The monoisotopic (exact) mass is 465 g/mol. The number of benzene rings is 3. The Bertz CT molecular complexity index is 1300. The van der Waals surface area contributed by atoms with Gasteiger partial charge in [0.05, 0.1) is 4.90 Å². The summed E-state index contributed by atoms with van der Waals surface area (Å²) in [5.41, 5.74) is 0.872. The second-order valence-electron chi connectivity index (χ2n) is 8.67. The predicted octanol–water partition coefficient (Wildman–Crippen LogP) is 3.67. The molecule has 0 aliphatic heterocycles. The third kappa shape index (κ3) is 5.58. The maximum absolute atomic E-state index is 13.1. The highest BCUT2D eigenvalue weighted by Gasteiger charge is 2.29. The molecule has 33 heavy (non-hydrogen) atoms. The van der Waals surface area contributed by atoms with E-state index in [0.717, 1.165) is 23.6 Å². The van der Waals surface area contributed by atoms with Crippen molar-refractivity contribution in [1.29, 1.82) is 0 Å². The fourth-order valence-corrected chi connectivity index (χ4v) is 4.90. The minimum absolute atomic E-state index is 0.0957. The van der Waals surface area contributed by atoms with Crippen LogP contribution in [0.5, 0.6) is 0 Å². The molecule has 1 atom stereocenters. The lowest BCUT2D eigenvalue weighted by Gasteiger charge is -2.22. The minimum atomic E-state index is -3.94. The van der Waals surface area contributed by atoms with Crippen LogP contribution in [0.4, 0.5) is 5.69 Å². The molecule has 1 unspecified atom stereocenters. The molecule has 8 heteroatoms. The van der Waals surface area contributed by atoms with Crippen LogP contribution in [0, 0.1) is 5.92 Å². The van der Waals surface area contributed by atoms with Gasteiger partial charge >= 0.3 is 0 Å². The van der Waals surface area contributed by atoms with Crippen LogP contribution >= 0.6 is 0 Å². The molecular weight excluding hydrogens is 438 g/mol. The molecule has 0 heterocycles. The van der Waals surface area contributed by atoms with Gasteiger partial charge in [-0.2, -0.15) is 4.72 Å². The molecule has 3 N–H and O–H groups in total. The molecule has 0 saturated heterocycles. The van der Waals surface area contributed by atoms with Gasteiger partial charge in [-0.25, -0.2) is 8.42 Å². The first-order valence-corrected chi connectivity index (χ1v) is 12.4. The molecule has 0 radical (unpaired) electrons. The summed E-state index contributed by atoms with van der Waals surface area (Å²) in [6.45, 7) is 3.54. The molecule has 1 fully saturated rings. The lowest BCUT2D eigenvalue weighted by atomic mass is 10.0. The summed E-state index contributed by atoms with van der Waals surface area (Å²) in [4.78, 5) is 25.4. The topological polar surface area (TPSA) is 104 Å². The Labute approximate surface area is 193 Å². The maximum Gasteiger partial charge on any atom is 0.251 e. The molecule has 1 aliphatic rings. The Kier molecular flexibility index (Phi) is 6.49. The van der Waals surface area contributed by atoms with E-state index in [4.69, 9.17) is 0 Å². The third-order valence-electron chi connectivity index (χ3n) is 5.57. The van der Waals surface area contributed by atoms with Crippen molar-refractivity contribution in [2.24, 2.45) is 5.92 Å². The van der Waals surface area contributed by atoms with Crippen molar-refractivity contribution in [2.45, 2.75) is 43.7 Å². The smallest absolute Gasteiger partial charge is 0.251 e. The van der Waals surface area contributed by atoms with Crippen molar-refractivity contribution in [3.8, 4) is 0 Å². The molecule has 172 valence electrons. The van der Waals surface area contributed by atoms with Crippen LogP contribution in [0.3, 0.4) is 0 Å². The van der Waals surface area contributed by atoms with Crippen molar-refractivity contribution >= 4 is 38.3 Å². The van der Waals surface area contributed by atoms with Gasteiger partial charge in [-0.15, -0.1) is 0 Å². The van der Waals surface area contributed by atoms with Crippen molar-refractivity contribution < 1.29 is 18.0 Å². The van der Waals surface area contributed by atoms with Crippen LogP contribution in [0.25, 0.3) is 10.8 Å². The number of anilines is 1. The van der Waals surface area contributed by atoms with Crippen molar-refractivity contribution in [2.75, 3.05) is 5.32 Å². The lowest BCUT2D eigenvalue weighted by molar-refractivity contribution is -0.118. The second-order valence-corrected chi connectivity index (χ2v) is 10.4. The minimum Gasteiger partial charge on any atom is -0.349 e. The van der Waals surface area contributed by atoms with Gasteiger partial charge in [0, 0.05) is 17.3 Å². The molecule has 1 aliphatic carbocycles. The number of hydrogen-bond donors (Lipinski definition) is 3. The summed E-state index contributed by atoms with van der Waals surface area (Å²) >= 11 is 0. The van der Waals surface area contributed by atoms with Crippen molar-refractivity contribution in [3.63, 3.8) is 0 Å². The quantitative estimate of drug-likeness (QED) is 0.472. The highest BCUT2D eigenvalue weighted by molar-refractivity contribution is 7.89. The molecule has 4 rings (SSSR count). The van der Waals surface area contributed by atoms with E-state index in [-0.39, 0.29) is 22.8 Å². The Morgan fingerprint density at radius 1 is 0.909 bits per heavy atom. The zero-order chi connectivity index (χ0) is 23.6. The van der Waals surface area contributed by atoms with E-state index < -0.39 is 22.0 Å². The standard InChI is InChI=1S/C25H27N3O4S/c1-16(2)23(28-33(31,32)22-13-10-17-6-3-4-7-18(17)15-22)25(30)27-21-9-5-8-19(14-21)24(29)26-20-11-12-20/h3-10,13-16,20,23,28H,11-12H2,1-2H3,(H,26,29)(H,27,30). The number of rotatable bonds is 8. The van der Waals surface area contributed by atoms with Crippen LogP contribution in [0.2, 0.25) is 0 Å². The number of fused-ring (bicyclic) bond motifs is 1. The van der Waals surface area contributed by atoms with Crippen LogP contribution in [-0.4, -0.2) is 32.3 Å². The fourth-order valence-electron chi connectivity index (χ4n) is 3.52. The zero-order valence-electron chi connectivity index (χ0n) is 18.5. The molecule has 7 nitrogen and oxygen atoms in total. The van der Waals surface area contributed by atoms with Crippen LogP contribution in [-0.2, 0) is 14.8 Å². The van der Waals surface area contributed by atoms with E-state index in [1.165, 1.54) is 6.07 Å². The van der Waals surface area contributed by atoms with Crippen LogP contribution in [0.1, 0.15) is 37.0 Å². The SMILES string of the molecule is CC(C)C(NS(=O)(=O)c1ccc2ccccc2c1)C(=O)Nc1cccc(C(=O)NC2CC2)c1. The maximum atomic E-state index is 13.1. The molecule has 0 aromatic heterocycles. The van der Waals surface area contributed by atoms with Crippen molar-refractivity contribution in [3.05, 3.63) is 72.3 Å². The average molecular weight is 466 g/mol. The van der Waals surface area contributed by atoms with Gasteiger partial charge in [0.15, 0.2) is 0 Å². The molecule has 1 saturated carbocycles. The van der Waals surface area contributed by atoms with Gasteiger partial charge in [-0.05, 0) is 59.9 Å². The number of hydrogen-bond acceptors (Lipinski definition) is 4. The van der Waals surface area contributed by atoms with E-state index >= 15 is 0 Å². The Hall–Kier alpha value is -3.23. The first kappa shape index (κ1) is 22.9. The largest absolute Gasteiger partial charge is 0.349 e. The summed E-state index contributed by atoms with van der Waals surface area (Å²) in [6.07, 6.45) is 1.96. The zero-order valence-corrected chi connectivity index (χ0v) is 19.4. The fraction of sp³-hybridized carbons (Fsp3) is 0.280. The summed E-state index contributed by atoms with van der Waals surface area (Å²) in [7, 11) is -3.94. The molecule has 3 aromatic rings. The molecular formula is C25H27N3O4S. The van der Waals surface area contributed by atoms with Gasteiger partial charge in [0.2, 0.25) is 15.9 Å². The number of sulfonamides is 1. The normalized spacial score (nSPS) is 14.8. The average Bonchev–Trinajstić information content (AvgIpc) is 3.61.